The number of hydrogen-bond donors (Lipinski definition) is 1. The topological polar surface area (TPSA) is 20.2 Å². The first-order chi connectivity index (χ1) is 7.70. The van der Waals surface area contributed by atoms with Gasteiger partial charge in [0.25, 0.3) is 0 Å². The fourth-order valence-corrected chi connectivity index (χ4v) is 2.38. The summed E-state index contributed by atoms with van der Waals surface area (Å²) in [6.45, 7) is 4.19. The highest BCUT2D eigenvalue weighted by molar-refractivity contribution is 5.38. The molecule has 16 heavy (non-hydrogen) atoms. The molecule has 1 aliphatic carbocycles. The smallest absolute Gasteiger partial charge is 0.100 e. The van der Waals surface area contributed by atoms with Gasteiger partial charge >= 0.3 is 0 Å². The van der Waals surface area contributed by atoms with Crippen molar-refractivity contribution in [3.8, 4) is 0 Å². The minimum atomic E-state index is -0.389. The first kappa shape index (κ1) is 11.4. The van der Waals surface area contributed by atoms with Gasteiger partial charge in [0.2, 0.25) is 0 Å². The predicted octanol–water partition coefficient (Wildman–Crippen LogP) is 3.84. The van der Waals surface area contributed by atoms with Crippen LogP contribution in [-0.2, 0) is 0 Å². The van der Waals surface area contributed by atoms with E-state index in [9.17, 15) is 5.11 Å². The highest BCUT2D eigenvalue weighted by Crippen LogP contribution is 2.31. The lowest BCUT2D eigenvalue weighted by Gasteiger charge is -2.21. The molecule has 1 heteroatoms. The van der Waals surface area contributed by atoms with Gasteiger partial charge in [-0.25, -0.2) is 0 Å². The van der Waals surface area contributed by atoms with Crippen LogP contribution in [-0.4, -0.2) is 5.11 Å². The summed E-state index contributed by atoms with van der Waals surface area (Å²) in [7, 11) is 0. The van der Waals surface area contributed by atoms with Crippen molar-refractivity contribution in [2.45, 2.75) is 45.6 Å². The lowest BCUT2D eigenvalue weighted by Crippen LogP contribution is -2.07. The Morgan fingerprint density at radius 1 is 1.19 bits per heavy atom. The normalized spacial score (nSPS) is 18.1. The van der Waals surface area contributed by atoms with Crippen LogP contribution in [0, 0.1) is 13.8 Å². The molecule has 1 N–H and O–H groups in total. The fraction of sp³-hybridized carbons (Fsp3) is 0.467. The summed E-state index contributed by atoms with van der Waals surface area (Å²) in [5.41, 5.74) is 4.77. The highest BCUT2D eigenvalue weighted by Gasteiger charge is 2.17. The van der Waals surface area contributed by atoms with E-state index >= 15 is 0 Å². The van der Waals surface area contributed by atoms with Gasteiger partial charge in [-0.1, -0.05) is 24.3 Å². The molecule has 0 radical (unpaired) electrons. The SMILES string of the molecule is Cc1cccc(C(O)C2=CCCCC2)c1C. The number of rotatable bonds is 2. The quantitative estimate of drug-likeness (QED) is 0.745. The number of aryl methyl sites for hydroxylation is 1. The Labute approximate surface area is 97.8 Å². The van der Waals surface area contributed by atoms with Crippen LogP contribution >= 0.6 is 0 Å². The molecule has 1 nitrogen and oxygen atoms in total. The van der Waals surface area contributed by atoms with Gasteiger partial charge < -0.3 is 5.11 Å². The number of benzene rings is 1. The highest BCUT2D eigenvalue weighted by atomic mass is 16.3. The molecule has 0 saturated carbocycles. The Kier molecular flexibility index (Phi) is 3.45. The third-order valence-corrected chi connectivity index (χ3v) is 3.62. The first-order valence-corrected chi connectivity index (χ1v) is 6.13. The molecule has 0 amide bonds. The van der Waals surface area contributed by atoms with E-state index in [1.165, 1.54) is 29.5 Å². The Morgan fingerprint density at radius 3 is 2.69 bits per heavy atom. The molecule has 0 aromatic heterocycles. The van der Waals surface area contributed by atoms with Crippen molar-refractivity contribution in [2.75, 3.05) is 0 Å². The van der Waals surface area contributed by atoms with E-state index < -0.39 is 0 Å². The molecule has 1 atom stereocenters. The number of aliphatic hydroxyl groups excluding tert-OH is 1. The summed E-state index contributed by atoms with van der Waals surface area (Å²) < 4.78 is 0. The van der Waals surface area contributed by atoms with E-state index in [-0.39, 0.29) is 6.10 Å². The monoisotopic (exact) mass is 216 g/mol. The second kappa shape index (κ2) is 4.84. The van der Waals surface area contributed by atoms with Crippen LogP contribution in [0.3, 0.4) is 0 Å². The van der Waals surface area contributed by atoms with Crippen molar-refractivity contribution in [3.05, 3.63) is 46.5 Å². The van der Waals surface area contributed by atoms with Gasteiger partial charge in [-0.2, -0.15) is 0 Å². The van der Waals surface area contributed by atoms with Crippen LogP contribution in [0.2, 0.25) is 0 Å². The van der Waals surface area contributed by atoms with Crippen LogP contribution in [0.5, 0.6) is 0 Å². The number of allylic oxidation sites excluding steroid dienone is 1. The van der Waals surface area contributed by atoms with Crippen LogP contribution in [0.1, 0.15) is 48.5 Å². The Bertz CT molecular complexity index is 404. The minimum Gasteiger partial charge on any atom is -0.384 e. The molecule has 0 heterocycles. The first-order valence-electron chi connectivity index (χ1n) is 6.13. The van der Waals surface area contributed by atoms with E-state index in [1.54, 1.807) is 0 Å². The van der Waals surface area contributed by atoms with Gasteiger partial charge in [0, 0.05) is 0 Å². The third kappa shape index (κ3) is 2.19. The van der Waals surface area contributed by atoms with Crippen molar-refractivity contribution in [3.63, 3.8) is 0 Å². The van der Waals surface area contributed by atoms with E-state index in [4.69, 9.17) is 0 Å². The number of aliphatic hydroxyl groups is 1. The summed E-state index contributed by atoms with van der Waals surface area (Å²) in [5.74, 6) is 0. The average molecular weight is 216 g/mol. The van der Waals surface area contributed by atoms with E-state index in [0.29, 0.717) is 0 Å². The molecule has 1 aromatic rings. The van der Waals surface area contributed by atoms with Crippen LogP contribution in [0.15, 0.2) is 29.8 Å². The third-order valence-electron chi connectivity index (χ3n) is 3.62. The lowest BCUT2D eigenvalue weighted by atomic mass is 9.89. The zero-order valence-corrected chi connectivity index (χ0v) is 10.2. The van der Waals surface area contributed by atoms with Crippen LogP contribution in [0.25, 0.3) is 0 Å². The zero-order valence-electron chi connectivity index (χ0n) is 10.2. The van der Waals surface area contributed by atoms with Gasteiger partial charge in [-0.3, -0.25) is 0 Å². The molecule has 0 saturated heterocycles. The van der Waals surface area contributed by atoms with E-state index in [2.05, 4.69) is 26.0 Å². The second-order valence-electron chi connectivity index (χ2n) is 4.72. The molecule has 0 bridgehead atoms. The van der Waals surface area contributed by atoms with E-state index in [1.807, 2.05) is 12.1 Å². The zero-order chi connectivity index (χ0) is 11.5. The summed E-state index contributed by atoms with van der Waals surface area (Å²) in [6, 6.07) is 6.17. The number of hydrogen-bond acceptors (Lipinski definition) is 1. The molecule has 0 spiro atoms. The van der Waals surface area contributed by atoms with Gasteiger partial charge in [-0.05, 0) is 61.8 Å². The maximum Gasteiger partial charge on any atom is 0.100 e. The van der Waals surface area contributed by atoms with Crippen molar-refractivity contribution < 1.29 is 5.11 Å². The van der Waals surface area contributed by atoms with E-state index in [0.717, 1.165) is 18.4 Å². The standard InChI is InChI=1S/C15H20O/c1-11-7-6-10-14(12(11)2)15(16)13-8-4-3-5-9-13/h6-8,10,15-16H,3-5,9H2,1-2H3. The molecule has 86 valence electrons. The minimum absolute atomic E-state index is 0.389. The van der Waals surface area contributed by atoms with Crippen molar-refractivity contribution in [1.82, 2.24) is 0 Å². The molecular formula is C15H20O. The molecule has 1 aromatic carbocycles. The van der Waals surface area contributed by atoms with Crippen LogP contribution in [0.4, 0.5) is 0 Å². The largest absolute Gasteiger partial charge is 0.384 e. The Hall–Kier alpha value is -1.08. The molecule has 1 unspecified atom stereocenters. The molecule has 0 aliphatic heterocycles. The lowest BCUT2D eigenvalue weighted by molar-refractivity contribution is 0.207. The van der Waals surface area contributed by atoms with Crippen molar-refractivity contribution >= 4 is 0 Å². The summed E-state index contributed by atoms with van der Waals surface area (Å²) in [4.78, 5) is 0. The maximum absolute atomic E-state index is 10.4. The van der Waals surface area contributed by atoms with Crippen LogP contribution < -0.4 is 0 Å². The Balaban J connectivity index is 2.29. The summed E-state index contributed by atoms with van der Waals surface area (Å²) >= 11 is 0. The summed E-state index contributed by atoms with van der Waals surface area (Å²) in [5, 5.41) is 10.4. The van der Waals surface area contributed by atoms with Gasteiger partial charge in [0.15, 0.2) is 0 Å². The Morgan fingerprint density at radius 2 is 2.00 bits per heavy atom. The summed E-state index contributed by atoms with van der Waals surface area (Å²) in [6.07, 6.45) is 6.48. The van der Waals surface area contributed by atoms with Crippen molar-refractivity contribution in [2.24, 2.45) is 0 Å². The second-order valence-corrected chi connectivity index (χ2v) is 4.72. The molecular weight excluding hydrogens is 196 g/mol. The average Bonchev–Trinajstić information content (AvgIpc) is 2.33. The molecule has 0 fully saturated rings. The van der Waals surface area contributed by atoms with Gasteiger partial charge in [0.1, 0.15) is 6.10 Å². The van der Waals surface area contributed by atoms with Gasteiger partial charge in [-0.15, -0.1) is 0 Å². The molecule has 1 aliphatic rings. The fourth-order valence-electron chi connectivity index (χ4n) is 2.38. The maximum atomic E-state index is 10.4. The van der Waals surface area contributed by atoms with Crippen molar-refractivity contribution in [1.29, 1.82) is 0 Å². The predicted molar refractivity (Wildman–Crippen MR) is 67.4 cm³/mol. The van der Waals surface area contributed by atoms with Gasteiger partial charge in [0.05, 0.1) is 0 Å². The molecule has 2 rings (SSSR count).